The van der Waals surface area contributed by atoms with E-state index >= 15 is 0 Å². The second kappa shape index (κ2) is 3.71. The molecule has 1 aliphatic carbocycles. The van der Waals surface area contributed by atoms with Gasteiger partial charge in [-0.25, -0.2) is 9.97 Å². The maximum Gasteiger partial charge on any atom is 0.140 e. The Morgan fingerprint density at radius 3 is 2.73 bits per heavy atom. The van der Waals surface area contributed by atoms with Crippen molar-refractivity contribution in [2.24, 2.45) is 0 Å². The Morgan fingerprint density at radius 2 is 2.00 bits per heavy atom. The number of hydrogen-bond acceptors (Lipinski definition) is 3. The lowest BCUT2D eigenvalue weighted by Crippen LogP contribution is -2.35. The summed E-state index contributed by atoms with van der Waals surface area (Å²) in [5, 5.41) is 1.88. The summed E-state index contributed by atoms with van der Waals surface area (Å²) in [6.45, 7) is 1.90. The van der Waals surface area contributed by atoms with Gasteiger partial charge in [-0.15, -0.1) is 0 Å². The van der Waals surface area contributed by atoms with Crippen molar-refractivity contribution in [2.75, 3.05) is 19.0 Å². The highest BCUT2D eigenvalue weighted by Gasteiger charge is 2.03. The van der Waals surface area contributed by atoms with Gasteiger partial charge in [0.2, 0.25) is 0 Å². The van der Waals surface area contributed by atoms with Crippen molar-refractivity contribution < 1.29 is 0 Å². The van der Waals surface area contributed by atoms with Gasteiger partial charge in [0.1, 0.15) is 17.0 Å². The van der Waals surface area contributed by atoms with Gasteiger partial charge in [0.05, 0.1) is 5.22 Å². The van der Waals surface area contributed by atoms with E-state index in [2.05, 4.69) is 15.7 Å². The third-order valence-electron chi connectivity index (χ3n) is 2.15. The van der Waals surface area contributed by atoms with E-state index in [-0.39, 0.29) is 0 Å². The zero-order chi connectivity index (χ0) is 10.8. The Bertz CT molecular complexity index is 561. The van der Waals surface area contributed by atoms with Crippen LogP contribution in [-0.2, 0) is 0 Å². The zero-order valence-corrected chi connectivity index (χ0v) is 9.15. The Morgan fingerprint density at radius 1 is 1.20 bits per heavy atom. The summed E-state index contributed by atoms with van der Waals surface area (Å²) in [6, 6.07) is 0. The van der Waals surface area contributed by atoms with Gasteiger partial charge >= 0.3 is 0 Å². The molecule has 1 aromatic rings. The van der Waals surface area contributed by atoms with Crippen LogP contribution in [0.15, 0.2) is 18.2 Å². The summed E-state index contributed by atoms with van der Waals surface area (Å²) in [6.07, 6.45) is 7.80. The lowest BCUT2D eigenvalue weighted by atomic mass is 10.3. The maximum absolute atomic E-state index is 4.42. The van der Waals surface area contributed by atoms with Crippen LogP contribution >= 0.6 is 0 Å². The van der Waals surface area contributed by atoms with E-state index in [4.69, 9.17) is 0 Å². The third kappa shape index (κ3) is 1.83. The minimum absolute atomic E-state index is 0.772. The lowest BCUT2D eigenvalue weighted by Gasteiger charge is -2.12. The predicted molar refractivity (Wildman–Crippen MR) is 61.9 cm³/mol. The molecule has 3 nitrogen and oxygen atoms in total. The van der Waals surface area contributed by atoms with Crippen LogP contribution in [-0.4, -0.2) is 24.1 Å². The number of allylic oxidation sites excluding steroid dienone is 3. The van der Waals surface area contributed by atoms with Crippen molar-refractivity contribution in [1.82, 2.24) is 9.97 Å². The fourth-order valence-corrected chi connectivity index (χ4v) is 1.51. The molecule has 0 spiro atoms. The van der Waals surface area contributed by atoms with E-state index in [0.717, 1.165) is 22.2 Å². The summed E-state index contributed by atoms with van der Waals surface area (Å²) in [5.41, 5.74) is 3.14. The minimum Gasteiger partial charge on any atom is -0.362 e. The maximum atomic E-state index is 4.42. The van der Waals surface area contributed by atoms with E-state index in [1.807, 2.05) is 50.2 Å². The second-order valence-corrected chi connectivity index (χ2v) is 3.61. The minimum atomic E-state index is 0.772. The molecular formula is C12H13N3. The molecule has 1 aromatic heterocycles. The van der Waals surface area contributed by atoms with Gasteiger partial charge in [-0.05, 0) is 19.1 Å². The molecule has 0 bridgehead atoms. The molecule has 0 amide bonds. The third-order valence-corrected chi connectivity index (χ3v) is 2.15. The van der Waals surface area contributed by atoms with Crippen molar-refractivity contribution >= 4 is 17.6 Å². The normalized spacial score (nSPS) is 12.5. The molecule has 0 unspecified atom stereocenters. The molecule has 0 radical (unpaired) electrons. The van der Waals surface area contributed by atoms with Crippen molar-refractivity contribution in [2.45, 2.75) is 6.92 Å². The van der Waals surface area contributed by atoms with Crippen LogP contribution in [0.1, 0.15) is 5.82 Å². The first-order valence-electron chi connectivity index (χ1n) is 4.84. The molecule has 0 aliphatic heterocycles. The average Bonchev–Trinajstić information content (AvgIpc) is 2.41. The van der Waals surface area contributed by atoms with Gasteiger partial charge in [0.15, 0.2) is 0 Å². The van der Waals surface area contributed by atoms with Crippen LogP contribution in [0.5, 0.6) is 0 Å². The summed E-state index contributed by atoms with van der Waals surface area (Å²) >= 11 is 0. The van der Waals surface area contributed by atoms with E-state index in [9.17, 15) is 0 Å². The molecule has 76 valence electrons. The molecule has 0 atom stereocenters. The number of nitrogens with zero attached hydrogens (tertiary/aromatic N) is 3. The quantitative estimate of drug-likeness (QED) is 0.644. The number of hydrogen-bond donors (Lipinski definition) is 0. The lowest BCUT2D eigenvalue weighted by molar-refractivity contribution is 0.956. The number of aryl methyl sites for hydroxylation is 1. The Labute approximate surface area is 88.8 Å². The molecule has 0 fully saturated rings. The average molecular weight is 199 g/mol. The Balaban J connectivity index is 2.92. The van der Waals surface area contributed by atoms with Crippen LogP contribution in [0.3, 0.4) is 0 Å². The monoisotopic (exact) mass is 199 g/mol. The Kier molecular flexibility index (Phi) is 2.40. The van der Waals surface area contributed by atoms with Crippen molar-refractivity contribution in [3.8, 4) is 0 Å². The van der Waals surface area contributed by atoms with Crippen molar-refractivity contribution in [3.63, 3.8) is 0 Å². The highest BCUT2D eigenvalue weighted by molar-refractivity contribution is 5.52. The van der Waals surface area contributed by atoms with Crippen LogP contribution in [0.2, 0.25) is 0 Å². The first-order valence-corrected chi connectivity index (χ1v) is 4.84. The largest absolute Gasteiger partial charge is 0.362 e. The van der Waals surface area contributed by atoms with Gasteiger partial charge in [0.25, 0.3) is 0 Å². The van der Waals surface area contributed by atoms with E-state index < -0.39 is 0 Å². The second-order valence-electron chi connectivity index (χ2n) is 3.61. The summed E-state index contributed by atoms with van der Waals surface area (Å²) in [7, 11) is 3.96. The number of fused-ring (bicyclic) bond motifs is 1. The van der Waals surface area contributed by atoms with Gasteiger partial charge in [-0.3, -0.25) is 0 Å². The van der Waals surface area contributed by atoms with Gasteiger partial charge in [0, 0.05) is 14.1 Å². The first-order chi connectivity index (χ1) is 7.18. The summed E-state index contributed by atoms with van der Waals surface area (Å²) in [5.74, 6) is 1.71. The van der Waals surface area contributed by atoms with E-state index in [1.54, 1.807) is 0 Å². The number of anilines is 1. The molecule has 0 N–H and O–H groups in total. The molecule has 1 aliphatic rings. The highest BCUT2D eigenvalue weighted by atomic mass is 15.1. The summed E-state index contributed by atoms with van der Waals surface area (Å²) < 4.78 is 0. The SMILES string of the molecule is Cc1nc(N(C)C)c2c(n1)=C=CC=CC=2. The molecule has 0 saturated carbocycles. The van der Waals surface area contributed by atoms with Gasteiger partial charge in [-0.2, -0.15) is 0 Å². The van der Waals surface area contributed by atoms with Crippen LogP contribution in [0.25, 0.3) is 11.8 Å². The van der Waals surface area contributed by atoms with Gasteiger partial charge < -0.3 is 4.90 Å². The van der Waals surface area contributed by atoms with Gasteiger partial charge in [-0.1, -0.05) is 17.9 Å². The fourth-order valence-electron chi connectivity index (χ4n) is 1.51. The molecule has 1 heterocycles. The van der Waals surface area contributed by atoms with Crippen LogP contribution < -0.4 is 15.5 Å². The molecule has 0 aromatic carbocycles. The van der Waals surface area contributed by atoms with Crippen molar-refractivity contribution in [1.29, 1.82) is 0 Å². The van der Waals surface area contributed by atoms with Crippen LogP contribution in [0.4, 0.5) is 5.82 Å². The smallest absolute Gasteiger partial charge is 0.140 e. The first kappa shape index (κ1) is 9.69. The fraction of sp³-hybridized carbons (Fsp3) is 0.250. The standard InChI is InChI=1S/C12H13N3/c1-9-13-11-8-6-4-5-7-10(11)12(14-9)15(2)3/h4-7H,1-3H3. The molecule has 2 rings (SSSR count). The predicted octanol–water partition coefficient (Wildman–Crippen LogP) is 0.137. The number of aromatic nitrogens is 2. The topological polar surface area (TPSA) is 29.0 Å². The van der Waals surface area contributed by atoms with E-state index in [0.29, 0.717) is 0 Å². The Hall–Kier alpha value is -1.86. The highest BCUT2D eigenvalue weighted by Crippen LogP contribution is 1.97. The molecular weight excluding hydrogens is 186 g/mol. The van der Waals surface area contributed by atoms with E-state index in [1.165, 1.54) is 0 Å². The molecule has 3 heteroatoms. The number of rotatable bonds is 1. The van der Waals surface area contributed by atoms with Crippen molar-refractivity contribution in [3.05, 3.63) is 34.6 Å². The molecule has 0 saturated heterocycles. The summed E-state index contributed by atoms with van der Waals surface area (Å²) in [4.78, 5) is 10.8. The molecule has 15 heavy (non-hydrogen) atoms. The zero-order valence-electron chi connectivity index (χ0n) is 9.15. The van der Waals surface area contributed by atoms with Crippen LogP contribution in [0, 0.1) is 6.92 Å².